The maximum atomic E-state index is 12.6. The van der Waals surface area contributed by atoms with E-state index in [1.807, 2.05) is 41.3 Å². The van der Waals surface area contributed by atoms with Crippen LogP contribution in [0.25, 0.3) is 17.5 Å². The molecule has 4 heterocycles. The van der Waals surface area contributed by atoms with Crippen LogP contribution in [0.1, 0.15) is 36.3 Å². The highest BCUT2D eigenvalue weighted by Crippen LogP contribution is 2.24. The number of rotatable bonds is 5. The number of benzene rings is 1. The number of nitrogens with zero attached hydrogens (tertiary/aromatic N) is 4. The zero-order valence-corrected chi connectivity index (χ0v) is 18.2. The predicted octanol–water partition coefficient (Wildman–Crippen LogP) is 3.51. The van der Waals surface area contributed by atoms with Crippen LogP contribution in [0.3, 0.4) is 0 Å². The standard InChI is InChI=1S/C25H25N5O3/c31-21-8-7-20-14-18(16-26-24(20)27-21)6-9-23(32)30-12-10-17(11-13-30)15-22-28-25(29-33-22)19-4-2-1-3-5-19/h1-6,9,14,16-17H,7-8,10-13,15H2,(H,26,27,31). The molecule has 0 spiro atoms. The number of aryl methyl sites for hydroxylation is 1. The van der Waals surface area contributed by atoms with Gasteiger partial charge in [-0.15, -0.1) is 0 Å². The molecule has 0 saturated carbocycles. The number of carbonyl (C=O) groups is 2. The summed E-state index contributed by atoms with van der Waals surface area (Å²) in [4.78, 5) is 34.8. The third kappa shape index (κ3) is 5.00. The van der Waals surface area contributed by atoms with Gasteiger partial charge in [0.2, 0.25) is 23.5 Å². The first kappa shape index (κ1) is 21.1. The SMILES string of the molecule is O=C1CCc2cc(C=CC(=O)N3CCC(Cc4nc(-c5ccccc5)no4)CC3)cnc2N1. The number of pyridine rings is 1. The minimum absolute atomic E-state index is 0.00336. The molecular formula is C25H25N5O3. The summed E-state index contributed by atoms with van der Waals surface area (Å²) < 4.78 is 5.45. The molecule has 1 fully saturated rings. The van der Waals surface area contributed by atoms with Crippen molar-refractivity contribution in [2.75, 3.05) is 18.4 Å². The fourth-order valence-corrected chi connectivity index (χ4v) is 4.29. The van der Waals surface area contributed by atoms with Crippen LogP contribution in [0.2, 0.25) is 0 Å². The second-order valence-corrected chi connectivity index (χ2v) is 8.51. The van der Waals surface area contributed by atoms with Crippen LogP contribution in [0.4, 0.5) is 5.82 Å². The predicted molar refractivity (Wildman–Crippen MR) is 123 cm³/mol. The minimum atomic E-state index is -0.00685. The highest BCUT2D eigenvalue weighted by Gasteiger charge is 2.24. The van der Waals surface area contributed by atoms with Crippen LogP contribution in [0.15, 0.2) is 53.2 Å². The van der Waals surface area contributed by atoms with Gasteiger partial charge in [0.15, 0.2) is 0 Å². The molecule has 2 aromatic heterocycles. The van der Waals surface area contributed by atoms with Crippen molar-refractivity contribution in [2.24, 2.45) is 5.92 Å². The Labute approximate surface area is 191 Å². The van der Waals surface area contributed by atoms with E-state index in [9.17, 15) is 9.59 Å². The van der Waals surface area contributed by atoms with Crippen molar-refractivity contribution in [3.8, 4) is 11.4 Å². The molecule has 1 saturated heterocycles. The number of nitrogens with one attached hydrogen (secondary N) is 1. The number of hydrogen-bond donors (Lipinski definition) is 1. The molecule has 8 heteroatoms. The molecule has 0 radical (unpaired) electrons. The lowest BCUT2D eigenvalue weighted by Crippen LogP contribution is -2.38. The Morgan fingerprint density at radius 1 is 1.18 bits per heavy atom. The summed E-state index contributed by atoms with van der Waals surface area (Å²) in [6.07, 6.45) is 8.75. The van der Waals surface area contributed by atoms with Gasteiger partial charge in [-0.2, -0.15) is 4.98 Å². The lowest BCUT2D eigenvalue weighted by molar-refractivity contribution is -0.127. The number of hydrogen-bond acceptors (Lipinski definition) is 6. The number of fused-ring (bicyclic) bond motifs is 1. The largest absolute Gasteiger partial charge is 0.339 e. The summed E-state index contributed by atoms with van der Waals surface area (Å²) in [5.74, 6) is 2.30. The van der Waals surface area contributed by atoms with Crippen LogP contribution in [0, 0.1) is 5.92 Å². The van der Waals surface area contributed by atoms with Crippen LogP contribution in [-0.2, 0) is 22.4 Å². The average Bonchev–Trinajstić information content (AvgIpc) is 3.32. The summed E-state index contributed by atoms with van der Waals surface area (Å²) >= 11 is 0. The molecular weight excluding hydrogens is 418 g/mol. The molecule has 5 rings (SSSR count). The highest BCUT2D eigenvalue weighted by atomic mass is 16.5. The maximum Gasteiger partial charge on any atom is 0.246 e. The number of likely N-dealkylation sites (tertiary alicyclic amines) is 1. The van der Waals surface area contributed by atoms with Crippen molar-refractivity contribution in [3.05, 3.63) is 65.7 Å². The van der Waals surface area contributed by atoms with E-state index in [2.05, 4.69) is 20.4 Å². The zero-order chi connectivity index (χ0) is 22.6. The van der Waals surface area contributed by atoms with Gasteiger partial charge in [-0.3, -0.25) is 9.59 Å². The Morgan fingerprint density at radius 2 is 2.00 bits per heavy atom. The van der Waals surface area contributed by atoms with E-state index in [-0.39, 0.29) is 11.8 Å². The van der Waals surface area contributed by atoms with E-state index in [4.69, 9.17) is 4.52 Å². The molecule has 2 aliphatic rings. The molecule has 3 aromatic rings. The third-order valence-electron chi connectivity index (χ3n) is 6.17. The van der Waals surface area contributed by atoms with Gasteiger partial charge in [0, 0.05) is 43.8 Å². The molecule has 0 aliphatic carbocycles. The van der Waals surface area contributed by atoms with Gasteiger partial charge in [-0.05, 0) is 48.4 Å². The van der Waals surface area contributed by atoms with Gasteiger partial charge < -0.3 is 14.7 Å². The van der Waals surface area contributed by atoms with Gasteiger partial charge in [-0.25, -0.2) is 4.98 Å². The van der Waals surface area contributed by atoms with E-state index < -0.39 is 0 Å². The topological polar surface area (TPSA) is 101 Å². The maximum absolute atomic E-state index is 12.6. The fraction of sp³-hybridized carbons (Fsp3) is 0.320. The van der Waals surface area contributed by atoms with E-state index in [1.165, 1.54) is 0 Å². The number of carbonyl (C=O) groups excluding carboxylic acids is 2. The quantitative estimate of drug-likeness (QED) is 0.606. The second kappa shape index (κ2) is 9.36. The van der Waals surface area contributed by atoms with Crippen molar-refractivity contribution in [1.29, 1.82) is 0 Å². The lowest BCUT2D eigenvalue weighted by atomic mass is 9.93. The fourth-order valence-electron chi connectivity index (χ4n) is 4.29. The first-order valence-corrected chi connectivity index (χ1v) is 11.3. The summed E-state index contributed by atoms with van der Waals surface area (Å²) in [7, 11) is 0. The van der Waals surface area contributed by atoms with E-state index in [0.29, 0.717) is 49.4 Å². The van der Waals surface area contributed by atoms with Crippen molar-refractivity contribution in [2.45, 2.75) is 32.1 Å². The van der Waals surface area contributed by atoms with Crippen LogP contribution >= 0.6 is 0 Å². The molecule has 2 aliphatic heterocycles. The van der Waals surface area contributed by atoms with Gasteiger partial charge in [-0.1, -0.05) is 35.5 Å². The van der Waals surface area contributed by atoms with E-state index >= 15 is 0 Å². The molecule has 168 valence electrons. The molecule has 0 atom stereocenters. The van der Waals surface area contributed by atoms with Gasteiger partial charge in [0.25, 0.3) is 0 Å². The number of piperidine rings is 1. The first-order chi connectivity index (χ1) is 16.1. The highest BCUT2D eigenvalue weighted by molar-refractivity contribution is 5.93. The molecule has 33 heavy (non-hydrogen) atoms. The smallest absolute Gasteiger partial charge is 0.246 e. The molecule has 8 nitrogen and oxygen atoms in total. The van der Waals surface area contributed by atoms with Gasteiger partial charge in [0.05, 0.1) is 0 Å². The second-order valence-electron chi connectivity index (χ2n) is 8.51. The molecule has 1 N–H and O–H groups in total. The average molecular weight is 444 g/mol. The van der Waals surface area contributed by atoms with Crippen molar-refractivity contribution < 1.29 is 14.1 Å². The van der Waals surface area contributed by atoms with Crippen LogP contribution in [-0.4, -0.2) is 44.9 Å². The van der Waals surface area contributed by atoms with E-state index in [1.54, 1.807) is 18.3 Å². The van der Waals surface area contributed by atoms with Crippen molar-refractivity contribution in [1.82, 2.24) is 20.0 Å². The molecule has 1 aromatic carbocycles. The summed E-state index contributed by atoms with van der Waals surface area (Å²) in [6.45, 7) is 1.42. The molecule has 0 unspecified atom stereocenters. The molecule has 0 bridgehead atoms. The Kier molecular flexibility index (Phi) is 5.97. The number of anilines is 1. The summed E-state index contributed by atoms with van der Waals surface area (Å²) in [5.41, 5.74) is 2.80. The Balaban J connectivity index is 1.13. The monoisotopic (exact) mass is 443 g/mol. The Morgan fingerprint density at radius 3 is 2.82 bits per heavy atom. The third-order valence-corrected chi connectivity index (χ3v) is 6.17. The van der Waals surface area contributed by atoms with Crippen molar-refractivity contribution >= 4 is 23.7 Å². The van der Waals surface area contributed by atoms with Gasteiger partial charge >= 0.3 is 0 Å². The molecule has 2 amide bonds. The van der Waals surface area contributed by atoms with Crippen molar-refractivity contribution in [3.63, 3.8) is 0 Å². The summed E-state index contributed by atoms with van der Waals surface area (Å²) in [6, 6.07) is 11.8. The number of aromatic nitrogens is 3. The van der Waals surface area contributed by atoms with E-state index in [0.717, 1.165) is 36.0 Å². The zero-order valence-electron chi connectivity index (χ0n) is 18.2. The van der Waals surface area contributed by atoms with Gasteiger partial charge in [0.1, 0.15) is 5.82 Å². The normalized spacial score (nSPS) is 16.6. The summed E-state index contributed by atoms with van der Waals surface area (Å²) in [5, 5.41) is 6.86. The lowest BCUT2D eigenvalue weighted by Gasteiger charge is -2.30. The first-order valence-electron chi connectivity index (χ1n) is 11.3. The Hall–Kier alpha value is -3.81. The Bertz CT molecular complexity index is 1180. The van der Waals surface area contributed by atoms with Crippen LogP contribution in [0.5, 0.6) is 0 Å². The van der Waals surface area contributed by atoms with Crippen LogP contribution < -0.4 is 5.32 Å². The number of amides is 2. The minimum Gasteiger partial charge on any atom is -0.339 e.